The van der Waals surface area contributed by atoms with Crippen molar-refractivity contribution in [3.8, 4) is 0 Å². The fraction of sp³-hybridized carbons (Fsp3) is 0.538. The average Bonchev–Trinajstić information content (AvgIpc) is 3.09. The molecular weight excluding hydrogens is 289 g/mol. The van der Waals surface area contributed by atoms with E-state index >= 15 is 0 Å². The molecule has 8 heteroatoms. The summed E-state index contributed by atoms with van der Waals surface area (Å²) in [7, 11) is 0. The van der Waals surface area contributed by atoms with Gasteiger partial charge in [-0.15, -0.1) is 0 Å². The Morgan fingerprint density at radius 1 is 1.43 bits per heavy atom. The number of alkyl halides is 3. The van der Waals surface area contributed by atoms with Gasteiger partial charge in [-0.05, 0) is 37.8 Å². The summed E-state index contributed by atoms with van der Waals surface area (Å²) in [5.74, 6) is -2.20. The van der Waals surface area contributed by atoms with Gasteiger partial charge in [0.25, 0.3) is 5.91 Å². The van der Waals surface area contributed by atoms with E-state index in [0.29, 0.717) is 12.8 Å². The highest BCUT2D eigenvalue weighted by atomic mass is 19.4. The average molecular weight is 304 g/mol. The second kappa shape index (κ2) is 5.09. The quantitative estimate of drug-likeness (QED) is 0.874. The number of carbonyl (C=O) groups is 2. The SMILES string of the molecule is CC(NC(=O)c1cccn1CC(F)(F)F)(C(=O)O)C1CC1. The predicted octanol–water partition coefficient (Wildman–Crippen LogP) is 2.03. The van der Waals surface area contributed by atoms with Gasteiger partial charge in [-0.25, -0.2) is 4.79 Å². The molecule has 1 saturated carbocycles. The van der Waals surface area contributed by atoms with Crippen molar-refractivity contribution in [3.05, 3.63) is 24.0 Å². The van der Waals surface area contributed by atoms with E-state index in [1.54, 1.807) is 0 Å². The first-order valence-electron chi connectivity index (χ1n) is 6.41. The smallest absolute Gasteiger partial charge is 0.406 e. The molecule has 2 N–H and O–H groups in total. The summed E-state index contributed by atoms with van der Waals surface area (Å²) in [6, 6.07) is 2.55. The fourth-order valence-electron chi connectivity index (χ4n) is 2.24. The van der Waals surface area contributed by atoms with Gasteiger partial charge in [-0.3, -0.25) is 4.79 Å². The molecule has 116 valence electrons. The maximum atomic E-state index is 12.4. The molecule has 1 atom stereocenters. The Hall–Kier alpha value is -1.99. The van der Waals surface area contributed by atoms with Crippen LogP contribution >= 0.6 is 0 Å². The van der Waals surface area contributed by atoms with Crippen molar-refractivity contribution in [1.29, 1.82) is 0 Å². The van der Waals surface area contributed by atoms with E-state index in [1.165, 1.54) is 19.1 Å². The van der Waals surface area contributed by atoms with Crippen LogP contribution < -0.4 is 5.32 Å². The van der Waals surface area contributed by atoms with Crippen LogP contribution in [0.15, 0.2) is 18.3 Å². The third-order valence-corrected chi connectivity index (χ3v) is 3.62. The van der Waals surface area contributed by atoms with E-state index in [1.807, 2.05) is 0 Å². The van der Waals surface area contributed by atoms with E-state index in [2.05, 4.69) is 5.32 Å². The van der Waals surface area contributed by atoms with Gasteiger partial charge in [-0.2, -0.15) is 13.2 Å². The highest BCUT2D eigenvalue weighted by Crippen LogP contribution is 2.39. The van der Waals surface area contributed by atoms with Gasteiger partial charge in [0.05, 0.1) is 0 Å². The first kappa shape index (κ1) is 15.4. The lowest BCUT2D eigenvalue weighted by atomic mass is 9.96. The Balaban J connectivity index is 2.17. The summed E-state index contributed by atoms with van der Waals surface area (Å²) in [6.07, 6.45) is -1.97. The largest absolute Gasteiger partial charge is 0.480 e. The molecule has 0 spiro atoms. The number of amides is 1. The first-order valence-corrected chi connectivity index (χ1v) is 6.41. The standard InChI is InChI=1S/C13H15F3N2O3/c1-12(11(20)21,8-4-5-8)17-10(19)9-3-2-6-18(9)7-13(14,15)16/h2-3,6,8H,4-5,7H2,1H3,(H,17,19)(H,20,21). The molecule has 1 aromatic rings. The minimum absolute atomic E-state index is 0.190. The van der Waals surface area contributed by atoms with Crippen molar-refractivity contribution in [3.63, 3.8) is 0 Å². The number of carboxylic acids is 1. The Morgan fingerprint density at radius 3 is 2.52 bits per heavy atom. The number of aliphatic carboxylic acids is 1. The van der Waals surface area contributed by atoms with Gasteiger partial charge in [0.1, 0.15) is 17.8 Å². The van der Waals surface area contributed by atoms with Crippen molar-refractivity contribution in [2.75, 3.05) is 0 Å². The summed E-state index contributed by atoms with van der Waals surface area (Å²) in [5, 5.41) is 11.6. The molecule has 21 heavy (non-hydrogen) atoms. The summed E-state index contributed by atoms with van der Waals surface area (Å²) in [6.45, 7) is 0.0813. The number of carbonyl (C=O) groups excluding carboxylic acids is 1. The number of hydrogen-bond donors (Lipinski definition) is 2. The molecule has 1 unspecified atom stereocenters. The van der Waals surface area contributed by atoms with Gasteiger partial charge < -0.3 is 15.0 Å². The van der Waals surface area contributed by atoms with Crippen LogP contribution in [-0.2, 0) is 11.3 Å². The third-order valence-electron chi connectivity index (χ3n) is 3.62. The molecule has 1 fully saturated rings. The third kappa shape index (κ3) is 3.37. The van der Waals surface area contributed by atoms with Crippen LogP contribution in [-0.4, -0.2) is 33.3 Å². The lowest BCUT2D eigenvalue weighted by Crippen LogP contribution is -2.54. The number of nitrogens with zero attached hydrogens (tertiary/aromatic N) is 1. The highest BCUT2D eigenvalue weighted by molar-refractivity contribution is 5.96. The van der Waals surface area contributed by atoms with Crippen LogP contribution in [0.25, 0.3) is 0 Å². The number of aromatic nitrogens is 1. The van der Waals surface area contributed by atoms with Crippen molar-refractivity contribution in [2.24, 2.45) is 5.92 Å². The van der Waals surface area contributed by atoms with E-state index < -0.39 is 30.1 Å². The fourth-order valence-corrected chi connectivity index (χ4v) is 2.24. The number of hydrogen-bond acceptors (Lipinski definition) is 2. The van der Waals surface area contributed by atoms with Crippen LogP contribution in [0.4, 0.5) is 13.2 Å². The summed E-state index contributed by atoms with van der Waals surface area (Å²) >= 11 is 0. The van der Waals surface area contributed by atoms with E-state index in [-0.39, 0.29) is 11.6 Å². The molecule has 0 aromatic carbocycles. The van der Waals surface area contributed by atoms with Gasteiger partial charge in [0.15, 0.2) is 0 Å². The van der Waals surface area contributed by atoms with Crippen molar-refractivity contribution < 1.29 is 27.9 Å². The molecule has 1 heterocycles. The van der Waals surface area contributed by atoms with Gasteiger partial charge in [0.2, 0.25) is 0 Å². The van der Waals surface area contributed by atoms with Crippen LogP contribution in [0, 0.1) is 5.92 Å². The second-order valence-electron chi connectivity index (χ2n) is 5.37. The van der Waals surface area contributed by atoms with Crippen molar-refractivity contribution in [2.45, 2.75) is 38.0 Å². The molecule has 0 aliphatic heterocycles. The Bertz CT molecular complexity index is 563. The monoisotopic (exact) mass is 304 g/mol. The highest BCUT2D eigenvalue weighted by Gasteiger charge is 2.48. The lowest BCUT2D eigenvalue weighted by Gasteiger charge is -2.26. The molecule has 1 aliphatic rings. The zero-order valence-electron chi connectivity index (χ0n) is 11.3. The molecule has 1 aromatic heterocycles. The first-order chi connectivity index (χ1) is 9.63. The van der Waals surface area contributed by atoms with Crippen molar-refractivity contribution >= 4 is 11.9 Å². The normalized spacial score (nSPS) is 18.1. The number of nitrogens with one attached hydrogen (secondary N) is 1. The Morgan fingerprint density at radius 2 is 2.05 bits per heavy atom. The Kier molecular flexibility index (Phi) is 3.73. The number of carboxylic acid groups (broad SMARTS) is 1. The molecule has 2 rings (SSSR count). The minimum Gasteiger partial charge on any atom is -0.480 e. The Labute approximate surface area is 118 Å². The predicted molar refractivity (Wildman–Crippen MR) is 66.7 cm³/mol. The summed E-state index contributed by atoms with van der Waals surface area (Å²) in [4.78, 5) is 23.4. The number of halogens is 3. The molecule has 0 bridgehead atoms. The van der Waals surface area contributed by atoms with E-state index in [0.717, 1.165) is 10.8 Å². The van der Waals surface area contributed by atoms with Crippen LogP contribution in [0.1, 0.15) is 30.3 Å². The van der Waals surface area contributed by atoms with Crippen LogP contribution in [0.2, 0.25) is 0 Å². The van der Waals surface area contributed by atoms with E-state index in [4.69, 9.17) is 0 Å². The molecular formula is C13H15F3N2O3. The van der Waals surface area contributed by atoms with Gasteiger partial charge in [0, 0.05) is 6.20 Å². The maximum Gasteiger partial charge on any atom is 0.406 e. The molecule has 1 amide bonds. The van der Waals surface area contributed by atoms with Crippen LogP contribution in [0.5, 0.6) is 0 Å². The maximum absolute atomic E-state index is 12.4. The van der Waals surface area contributed by atoms with Crippen LogP contribution in [0.3, 0.4) is 0 Å². The van der Waals surface area contributed by atoms with Gasteiger partial charge in [-0.1, -0.05) is 0 Å². The van der Waals surface area contributed by atoms with Gasteiger partial charge >= 0.3 is 12.1 Å². The lowest BCUT2D eigenvalue weighted by molar-refractivity contribution is -0.145. The number of rotatable bonds is 5. The zero-order chi connectivity index (χ0) is 15.8. The second-order valence-corrected chi connectivity index (χ2v) is 5.37. The zero-order valence-corrected chi connectivity index (χ0v) is 11.3. The molecule has 0 saturated heterocycles. The summed E-state index contributed by atoms with van der Waals surface area (Å²) in [5.41, 5.74) is -1.66. The topological polar surface area (TPSA) is 71.3 Å². The van der Waals surface area contributed by atoms with Crippen molar-refractivity contribution in [1.82, 2.24) is 9.88 Å². The molecule has 0 radical (unpaired) electrons. The van der Waals surface area contributed by atoms with E-state index in [9.17, 15) is 27.9 Å². The minimum atomic E-state index is -4.46. The summed E-state index contributed by atoms with van der Waals surface area (Å²) < 4.78 is 38.0. The molecule has 5 nitrogen and oxygen atoms in total. The molecule has 1 aliphatic carbocycles.